The van der Waals surface area contributed by atoms with Gasteiger partial charge in [0.1, 0.15) is 0 Å². The molecular formula is C9H19N3O2. The molecule has 1 rings (SSSR count). The van der Waals surface area contributed by atoms with Crippen molar-refractivity contribution in [3.8, 4) is 0 Å². The highest BCUT2D eigenvalue weighted by atomic mass is 16.5. The molecule has 5 heteroatoms. The zero-order valence-electron chi connectivity index (χ0n) is 8.58. The van der Waals surface area contributed by atoms with Crippen LogP contribution in [0.25, 0.3) is 0 Å². The minimum absolute atomic E-state index is 0.162. The first-order valence-electron chi connectivity index (χ1n) is 5.13. The van der Waals surface area contributed by atoms with Gasteiger partial charge in [-0.05, 0) is 19.3 Å². The molecule has 0 radical (unpaired) electrons. The average Bonchev–Trinajstić information content (AvgIpc) is 2.71. The maximum absolute atomic E-state index is 11.2. The molecule has 1 heterocycles. The SMILES string of the molecule is CC[C@@H](NC[C@H]1CCCO1)C(=O)NN. The van der Waals surface area contributed by atoms with Gasteiger partial charge in [0.15, 0.2) is 0 Å². The number of nitrogens with two attached hydrogens (primary N) is 1. The molecule has 0 saturated carbocycles. The third-order valence-corrected chi connectivity index (χ3v) is 2.48. The van der Waals surface area contributed by atoms with Gasteiger partial charge in [0.25, 0.3) is 5.91 Å². The molecule has 2 atom stereocenters. The van der Waals surface area contributed by atoms with E-state index in [1.165, 1.54) is 0 Å². The molecule has 0 unspecified atom stereocenters. The first-order chi connectivity index (χ1) is 6.77. The Labute approximate surface area is 84.3 Å². The lowest BCUT2D eigenvalue weighted by Crippen LogP contribution is -2.48. The Morgan fingerprint density at radius 2 is 2.50 bits per heavy atom. The van der Waals surface area contributed by atoms with E-state index in [2.05, 4.69) is 10.7 Å². The molecule has 0 aliphatic carbocycles. The molecule has 0 spiro atoms. The standard InChI is InChI=1S/C9H19N3O2/c1-2-8(9(13)12-10)11-6-7-4-3-5-14-7/h7-8,11H,2-6,10H2,1H3,(H,12,13)/t7-,8-/m1/s1. The first kappa shape index (κ1) is 11.4. The van der Waals surface area contributed by atoms with E-state index in [1.807, 2.05) is 6.92 Å². The lowest BCUT2D eigenvalue weighted by Gasteiger charge is -2.17. The van der Waals surface area contributed by atoms with E-state index in [9.17, 15) is 4.79 Å². The number of amides is 1. The van der Waals surface area contributed by atoms with Gasteiger partial charge in [-0.3, -0.25) is 10.2 Å². The molecule has 1 amide bonds. The topological polar surface area (TPSA) is 76.4 Å². The Kier molecular flexibility index (Phi) is 4.86. The number of rotatable bonds is 5. The second-order valence-electron chi connectivity index (χ2n) is 3.51. The Bertz CT molecular complexity index is 181. The van der Waals surface area contributed by atoms with Crippen LogP contribution < -0.4 is 16.6 Å². The van der Waals surface area contributed by atoms with Crippen LogP contribution in [0.3, 0.4) is 0 Å². The monoisotopic (exact) mass is 201 g/mol. The Hall–Kier alpha value is -0.650. The van der Waals surface area contributed by atoms with Crippen LogP contribution in [0.5, 0.6) is 0 Å². The second kappa shape index (κ2) is 5.95. The zero-order valence-corrected chi connectivity index (χ0v) is 8.58. The van der Waals surface area contributed by atoms with Crippen LogP contribution in [0.2, 0.25) is 0 Å². The van der Waals surface area contributed by atoms with Crippen molar-refractivity contribution < 1.29 is 9.53 Å². The number of carbonyl (C=O) groups excluding carboxylic acids is 1. The van der Waals surface area contributed by atoms with Crippen molar-refractivity contribution in [1.82, 2.24) is 10.7 Å². The molecule has 0 aromatic carbocycles. The van der Waals surface area contributed by atoms with E-state index in [-0.39, 0.29) is 18.1 Å². The minimum Gasteiger partial charge on any atom is -0.377 e. The summed E-state index contributed by atoms with van der Waals surface area (Å²) >= 11 is 0. The van der Waals surface area contributed by atoms with Gasteiger partial charge in [-0.2, -0.15) is 0 Å². The molecule has 1 aliphatic heterocycles. The summed E-state index contributed by atoms with van der Waals surface area (Å²) < 4.78 is 5.44. The molecule has 0 bridgehead atoms. The minimum atomic E-state index is -0.204. The fraction of sp³-hybridized carbons (Fsp3) is 0.889. The average molecular weight is 201 g/mol. The fourth-order valence-corrected chi connectivity index (χ4v) is 1.60. The highest BCUT2D eigenvalue weighted by Crippen LogP contribution is 2.10. The van der Waals surface area contributed by atoms with E-state index in [0.29, 0.717) is 0 Å². The van der Waals surface area contributed by atoms with E-state index in [1.54, 1.807) is 0 Å². The van der Waals surface area contributed by atoms with Gasteiger partial charge >= 0.3 is 0 Å². The van der Waals surface area contributed by atoms with Crippen LogP contribution in [-0.4, -0.2) is 31.2 Å². The van der Waals surface area contributed by atoms with Crippen molar-refractivity contribution in [1.29, 1.82) is 0 Å². The van der Waals surface area contributed by atoms with E-state index in [4.69, 9.17) is 10.6 Å². The number of ether oxygens (including phenoxy) is 1. The van der Waals surface area contributed by atoms with Crippen LogP contribution in [-0.2, 0) is 9.53 Å². The lowest BCUT2D eigenvalue weighted by molar-refractivity contribution is -0.123. The summed E-state index contributed by atoms with van der Waals surface area (Å²) in [5.74, 6) is 4.90. The highest BCUT2D eigenvalue weighted by molar-refractivity contribution is 5.80. The van der Waals surface area contributed by atoms with Crippen molar-refractivity contribution in [3.05, 3.63) is 0 Å². The van der Waals surface area contributed by atoms with Crippen molar-refractivity contribution in [3.63, 3.8) is 0 Å². The smallest absolute Gasteiger partial charge is 0.250 e. The van der Waals surface area contributed by atoms with Gasteiger partial charge in [-0.1, -0.05) is 6.92 Å². The van der Waals surface area contributed by atoms with Crippen LogP contribution in [0, 0.1) is 0 Å². The second-order valence-corrected chi connectivity index (χ2v) is 3.51. The summed E-state index contributed by atoms with van der Waals surface area (Å²) in [5, 5.41) is 3.14. The van der Waals surface area contributed by atoms with Crippen LogP contribution in [0.1, 0.15) is 26.2 Å². The van der Waals surface area contributed by atoms with Gasteiger partial charge in [-0.15, -0.1) is 0 Å². The number of hydrogen-bond donors (Lipinski definition) is 3. The van der Waals surface area contributed by atoms with Gasteiger partial charge in [0, 0.05) is 13.2 Å². The van der Waals surface area contributed by atoms with E-state index < -0.39 is 0 Å². The highest BCUT2D eigenvalue weighted by Gasteiger charge is 2.19. The molecule has 5 nitrogen and oxygen atoms in total. The molecular weight excluding hydrogens is 182 g/mol. The largest absolute Gasteiger partial charge is 0.377 e. The summed E-state index contributed by atoms with van der Waals surface area (Å²) in [5.41, 5.74) is 2.15. The molecule has 14 heavy (non-hydrogen) atoms. The molecule has 1 saturated heterocycles. The summed E-state index contributed by atoms with van der Waals surface area (Å²) in [4.78, 5) is 11.2. The Morgan fingerprint density at radius 3 is 3.00 bits per heavy atom. The summed E-state index contributed by atoms with van der Waals surface area (Å²) in [6, 6.07) is -0.204. The maximum Gasteiger partial charge on any atom is 0.250 e. The molecule has 1 fully saturated rings. The van der Waals surface area contributed by atoms with Gasteiger partial charge < -0.3 is 10.1 Å². The molecule has 0 aromatic rings. The molecule has 0 aromatic heterocycles. The van der Waals surface area contributed by atoms with E-state index >= 15 is 0 Å². The number of hydrazine groups is 1. The van der Waals surface area contributed by atoms with Gasteiger partial charge in [0.2, 0.25) is 0 Å². The predicted octanol–water partition coefficient (Wildman–Crippen LogP) is -0.476. The van der Waals surface area contributed by atoms with Gasteiger partial charge in [0.05, 0.1) is 12.1 Å². The first-order valence-corrected chi connectivity index (χ1v) is 5.13. The number of nitrogens with one attached hydrogen (secondary N) is 2. The Balaban J connectivity index is 2.22. The number of carbonyl (C=O) groups is 1. The Morgan fingerprint density at radius 1 is 1.71 bits per heavy atom. The third-order valence-electron chi connectivity index (χ3n) is 2.48. The van der Waals surface area contributed by atoms with Crippen molar-refractivity contribution in [2.24, 2.45) is 5.84 Å². The summed E-state index contributed by atoms with van der Waals surface area (Å²) in [6.07, 6.45) is 3.19. The molecule has 82 valence electrons. The zero-order chi connectivity index (χ0) is 10.4. The maximum atomic E-state index is 11.2. The molecule has 1 aliphatic rings. The lowest BCUT2D eigenvalue weighted by atomic mass is 10.2. The quantitative estimate of drug-likeness (QED) is 0.319. The van der Waals surface area contributed by atoms with Crippen molar-refractivity contribution >= 4 is 5.91 Å². The van der Waals surface area contributed by atoms with Crippen molar-refractivity contribution in [2.75, 3.05) is 13.2 Å². The predicted molar refractivity (Wildman–Crippen MR) is 53.4 cm³/mol. The summed E-state index contributed by atoms with van der Waals surface area (Å²) in [6.45, 7) is 3.51. The normalized spacial score (nSPS) is 23.4. The third kappa shape index (κ3) is 3.25. The molecule has 4 N–H and O–H groups in total. The van der Waals surface area contributed by atoms with Crippen LogP contribution in [0.15, 0.2) is 0 Å². The number of hydrogen-bond acceptors (Lipinski definition) is 4. The summed E-state index contributed by atoms with van der Waals surface area (Å²) in [7, 11) is 0. The fourth-order valence-electron chi connectivity index (χ4n) is 1.60. The van der Waals surface area contributed by atoms with Crippen LogP contribution >= 0.6 is 0 Å². The van der Waals surface area contributed by atoms with Crippen molar-refractivity contribution in [2.45, 2.75) is 38.3 Å². The van der Waals surface area contributed by atoms with Crippen LogP contribution in [0.4, 0.5) is 0 Å². The van der Waals surface area contributed by atoms with E-state index in [0.717, 1.165) is 32.4 Å². The van der Waals surface area contributed by atoms with Gasteiger partial charge in [-0.25, -0.2) is 5.84 Å².